The van der Waals surface area contributed by atoms with Crippen molar-refractivity contribution in [3.05, 3.63) is 108 Å². The summed E-state index contributed by atoms with van der Waals surface area (Å²) in [6.07, 6.45) is 8.55. The van der Waals surface area contributed by atoms with Crippen molar-refractivity contribution in [2.45, 2.75) is 89.2 Å². The van der Waals surface area contributed by atoms with Crippen LogP contribution in [-0.2, 0) is 20.9 Å². The van der Waals surface area contributed by atoms with Gasteiger partial charge in [-0.15, -0.1) is 0 Å². The fourth-order valence-corrected chi connectivity index (χ4v) is 8.79. The number of nitrogens with one attached hydrogen (secondary N) is 4. The number of rotatable bonds is 11. The summed E-state index contributed by atoms with van der Waals surface area (Å²) < 4.78 is 10.3. The van der Waals surface area contributed by atoms with Crippen molar-refractivity contribution in [2.24, 2.45) is 5.92 Å². The van der Waals surface area contributed by atoms with E-state index in [0.29, 0.717) is 12.6 Å². The Morgan fingerprint density at radius 2 is 1.36 bits per heavy atom. The molecule has 5 heterocycles. The number of amides is 3. The summed E-state index contributed by atoms with van der Waals surface area (Å²) in [5, 5.41) is 5.81. The van der Waals surface area contributed by atoms with Crippen LogP contribution in [0.5, 0.6) is 0 Å². The molecule has 13 nitrogen and oxygen atoms in total. The zero-order valence-corrected chi connectivity index (χ0v) is 33.3. The highest BCUT2D eigenvalue weighted by Crippen LogP contribution is 2.40. The number of imidazole rings is 2. The van der Waals surface area contributed by atoms with Gasteiger partial charge in [0, 0.05) is 25.2 Å². The van der Waals surface area contributed by atoms with Gasteiger partial charge in [-0.05, 0) is 72.3 Å². The number of ether oxygens (including phenoxy) is 2. The maximum absolute atomic E-state index is 13.6. The number of hydrogen-bond donors (Lipinski definition) is 4. The van der Waals surface area contributed by atoms with E-state index < -0.39 is 12.1 Å². The zero-order valence-electron chi connectivity index (χ0n) is 33.3. The fraction of sp³-hybridized carbons (Fsp3) is 0.400. The number of nitrogens with zero attached hydrogens (tertiary/aromatic N) is 4. The van der Waals surface area contributed by atoms with E-state index in [-0.39, 0.29) is 42.7 Å². The third-order valence-corrected chi connectivity index (χ3v) is 11.9. The number of methoxy groups -OCH3 is 1. The Morgan fingerprint density at radius 3 is 1.98 bits per heavy atom. The Labute approximate surface area is 338 Å². The Bertz CT molecular complexity index is 2180. The van der Waals surface area contributed by atoms with E-state index in [1.165, 1.54) is 7.11 Å². The van der Waals surface area contributed by atoms with Gasteiger partial charge in [0.15, 0.2) is 0 Å². The number of benzene rings is 3. The number of H-pyrrole nitrogens is 2. The molecule has 0 spiro atoms. The Kier molecular flexibility index (Phi) is 11.6. The number of fused-ring (bicyclic) bond motifs is 1. The van der Waals surface area contributed by atoms with Crippen LogP contribution in [0, 0.1) is 5.92 Å². The molecule has 2 aromatic heterocycles. The van der Waals surface area contributed by atoms with Crippen molar-refractivity contribution in [3.63, 3.8) is 0 Å². The van der Waals surface area contributed by atoms with Gasteiger partial charge in [-0.3, -0.25) is 9.69 Å². The number of carbonyl (C=O) groups is 3. The van der Waals surface area contributed by atoms with Gasteiger partial charge < -0.3 is 35.0 Å². The number of aromatic amines is 2. The van der Waals surface area contributed by atoms with Crippen LogP contribution < -0.4 is 10.6 Å². The van der Waals surface area contributed by atoms with Crippen molar-refractivity contribution in [1.82, 2.24) is 40.4 Å². The SMILES string of the molecule is COC(=O)N[C@H](C(=O)N1CCC[C@H]1c1ncc(-c2ccc(-c3ccc(-c4cnc([C@@H]5CC[C@@H]6CC[C@H](NC(=O)OCc7ccccc7)CN65)[nH]4)cc3)cc2)[nH]1)C(C)C. The van der Waals surface area contributed by atoms with E-state index >= 15 is 0 Å². The van der Waals surface area contributed by atoms with Crippen molar-refractivity contribution in [3.8, 4) is 33.6 Å². The molecule has 0 radical (unpaired) electrons. The van der Waals surface area contributed by atoms with Crippen molar-refractivity contribution in [2.75, 3.05) is 20.2 Å². The summed E-state index contributed by atoms with van der Waals surface area (Å²) in [7, 11) is 1.30. The summed E-state index contributed by atoms with van der Waals surface area (Å²) in [5.74, 6) is 1.48. The van der Waals surface area contributed by atoms with E-state index in [0.717, 1.165) is 95.9 Å². The molecule has 3 aliphatic rings. The molecule has 8 rings (SSSR count). The fourth-order valence-electron chi connectivity index (χ4n) is 8.79. The minimum absolute atomic E-state index is 0.0372. The highest BCUT2D eigenvalue weighted by Gasteiger charge is 2.41. The predicted molar refractivity (Wildman–Crippen MR) is 220 cm³/mol. The highest BCUT2D eigenvalue weighted by atomic mass is 16.5. The number of hydrogen-bond acceptors (Lipinski definition) is 8. The summed E-state index contributed by atoms with van der Waals surface area (Å²) in [5.41, 5.74) is 7.10. The Balaban J connectivity index is 0.873. The largest absolute Gasteiger partial charge is 0.453 e. The first-order valence-electron chi connectivity index (χ1n) is 20.4. The molecule has 302 valence electrons. The molecule has 3 amide bonds. The van der Waals surface area contributed by atoms with Crippen LogP contribution in [0.1, 0.15) is 81.7 Å². The Hall–Kier alpha value is -5.95. The lowest BCUT2D eigenvalue weighted by molar-refractivity contribution is -0.135. The average molecular weight is 785 g/mol. The van der Waals surface area contributed by atoms with Gasteiger partial charge in [0.1, 0.15) is 24.3 Å². The van der Waals surface area contributed by atoms with Gasteiger partial charge in [0.2, 0.25) is 5.91 Å². The van der Waals surface area contributed by atoms with E-state index in [1.54, 1.807) is 0 Å². The van der Waals surface area contributed by atoms with Gasteiger partial charge in [0.05, 0.1) is 43.0 Å². The minimum Gasteiger partial charge on any atom is -0.453 e. The van der Waals surface area contributed by atoms with Crippen LogP contribution >= 0.6 is 0 Å². The van der Waals surface area contributed by atoms with Crippen LogP contribution in [0.2, 0.25) is 0 Å². The van der Waals surface area contributed by atoms with Gasteiger partial charge >= 0.3 is 12.2 Å². The molecule has 0 aliphatic carbocycles. The molecule has 13 heteroatoms. The number of alkyl carbamates (subject to hydrolysis) is 2. The molecule has 3 aromatic carbocycles. The van der Waals surface area contributed by atoms with E-state index in [9.17, 15) is 14.4 Å². The number of carbonyl (C=O) groups excluding carboxylic acids is 3. The molecule has 0 saturated carbocycles. The molecular weight excluding hydrogens is 733 g/mol. The molecule has 4 N–H and O–H groups in total. The number of piperidine rings is 1. The molecule has 5 aromatic rings. The first-order valence-corrected chi connectivity index (χ1v) is 20.4. The molecular formula is C45H52N8O5. The highest BCUT2D eigenvalue weighted by molar-refractivity contribution is 5.86. The van der Waals surface area contributed by atoms with E-state index in [4.69, 9.17) is 19.4 Å². The first-order chi connectivity index (χ1) is 28.2. The number of aromatic nitrogens is 4. The lowest BCUT2D eigenvalue weighted by atomic mass is 9.99. The second-order valence-electron chi connectivity index (χ2n) is 16.0. The molecule has 3 saturated heterocycles. The maximum atomic E-state index is 13.6. The van der Waals surface area contributed by atoms with E-state index in [2.05, 4.69) is 74.0 Å². The summed E-state index contributed by atoms with van der Waals surface area (Å²) >= 11 is 0. The normalized spacial score (nSPS) is 21.1. The second kappa shape index (κ2) is 17.3. The molecule has 3 fully saturated rings. The Morgan fingerprint density at radius 1 is 0.759 bits per heavy atom. The van der Waals surface area contributed by atoms with Gasteiger partial charge in [-0.25, -0.2) is 19.6 Å². The zero-order chi connectivity index (χ0) is 40.2. The summed E-state index contributed by atoms with van der Waals surface area (Å²) in [6, 6.07) is 26.5. The van der Waals surface area contributed by atoms with Crippen LogP contribution in [0.15, 0.2) is 91.3 Å². The van der Waals surface area contributed by atoms with Crippen LogP contribution in [0.3, 0.4) is 0 Å². The summed E-state index contributed by atoms with van der Waals surface area (Å²) in [6.45, 7) is 5.46. The van der Waals surface area contributed by atoms with Crippen molar-refractivity contribution >= 4 is 18.1 Å². The second-order valence-corrected chi connectivity index (χ2v) is 16.0. The molecule has 0 bridgehead atoms. The van der Waals surface area contributed by atoms with Crippen LogP contribution in [-0.4, -0.2) is 86.2 Å². The van der Waals surface area contributed by atoms with Gasteiger partial charge in [0.25, 0.3) is 0 Å². The predicted octanol–water partition coefficient (Wildman–Crippen LogP) is 7.77. The minimum atomic E-state index is -0.677. The molecule has 58 heavy (non-hydrogen) atoms. The third-order valence-electron chi connectivity index (χ3n) is 11.9. The standard InChI is InChI=1S/C45H52N8O5/c1-28(2)40(51-44(55)57-3)43(54)52-23-7-10-38(52)41-46-24-36(49-41)32-15-11-30(12-16-32)31-13-17-33(18-14-31)37-25-47-42(50-37)39-22-21-35-20-19-34(26-53(35)39)48-45(56)58-27-29-8-5-4-6-9-29/h4-6,8-9,11-18,24-25,28,34-35,38-40H,7,10,19-23,26-27H2,1-3H3,(H,46,49)(H,47,50)(H,48,56)(H,51,55)/t34-,35-,38-,39-,40-/m0/s1. The lowest BCUT2D eigenvalue weighted by Crippen LogP contribution is -2.51. The quantitative estimate of drug-likeness (QED) is 0.106. The van der Waals surface area contributed by atoms with Gasteiger partial charge in [-0.1, -0.05) is 92.7 Å². The summed E-state index contributed by atoms with van der Waals surface area (Å²) in [4.78, 5) is 59.1. The monoisotopic (exact) mass is 784 g/mol. The third kappa shape index (κ3) is 8.50. The molecule has 0 unspecified atom stereocenters. The molecule has 5 atom stereocenters. The smallest absolute Gasteiger partial charge is 0.407 e. The topological polar surface area (TPSA) is 158 Å². The van der Waals surface area contributed by atoms with Crippen LogP contribution in [0.25, 0.3) is 33.6 Å². The lowest BCUT2D eigenvalue weighted by Gasteiger charge is -2.37. The molecule has 3 aliphatic heterocycles. The van der Waals surface area contributed by atoms with Crippen molar-refractivity contribution in [1.29, 1.82) is 0 Å². The van der Waals surface area contributed by atoms with Gasteiger partial charge in [-0.2, -0.15) is 0 Å². The van der Waals surface area contributed by atoms with E-state index in [1.807, 2.05) is 61.5 Å². The maximum Gasteiger partial charge on any atom is 0.407 e. The van der Waals surface area contributed by atoms with Crippen LogP contribution in [0.4, 0.5) is 9.59 Å². The average Bonchev–Trinajstić information content (AvgIpc) is 4.09. The van der Waals surface area contributed by atoms with Crippen molar-refractivity contribution < 1.29 is 23.9 Å². The first kappa shape index (κ1) is 38.9. The number of likely N-dealkylation sites (tertiary alicyclic amines) is 1.